The first-order valence-corrected chi connectivity index (χ1v) is 7.48. The zero-order valence-corrected chi connectivity index (χ0v) is 13.4. The van der Waals surface area contributed by atoms with Crippen molar-refractivity contribution < 1.29 is 14.3 Å². The second kappa shape index (κ2) is 9.09. The van der Waals surface area contributed by atoms with Gasteiger partial charge < -0.3 is 9.47 Å². The van der Waals surface area contributed by atoms with Gasteiger partial charge in [0.15, 0.2) is 11.5 Å². The predicted molar refractivity (Wildman–Crippen MR) is 92.6 cm³/mol. The molecule has 6 nitrogen and oxygen atoms in total. The van der Waals surface area contributed by atoms with Gasteiger partial charge in [0.05, 0.1) is 18.4 Å². The van der Waals surface area contributed by atoms with Crippen LogP contribution < -0.4 is 14.9 Å². The number of nitrogens with zero attached hydrogens (tertiary/aromatic N) is 2. The molecule has 0 saturated carbocycles. The van der Waals surface area contributed by atoms with Crippen molar-refractivity contribution in [2.24, 2.45) is 5.10 Å². The Morgan fingerprint density at radius 3 is 2.92 bits per heavy atom. The van der Waals surface area contributed by atoms with Crippen molar-refractivity contribution in [3.05, 3.63) is 66.5 Å². The van der Waals surface area contributed by atoms with Crippen LogP contribution >= 0.6 is 0 Å². The summed E-state index contributed by atoms with van der Waals surface area (Å²) in [6.07, 6.45) is 6.28. The second-order valence-corrected chi connectivity index (χ2v) is 4.68. The molecule has 1 heterocycles. The van der Waals surface area contributed by atoms with Crippen molar-refractivity contribution in [1.82, 2.24) is 10.4 Å². The Labute approximate surface area is 140 Å². The summed E-state index contributed by atoms with van der Waals surface area (Å²) >= 11 is 0. The van der Waals surface area contributed by atoms with E-state index in [9.17, 15) is 4.79 Å². The van der Waals surface area contributed by atoms with E-state index < -0.39 is 0 Å². The van der Waals surface area contributed by atoms with Crippen LogP contribution in [0.15, 0.2) is 60.5 Å². The molecule has 0 atom stereocenters. The Balaban J connectivity index is 2.04. The highest BCUT2D eigenvalue weighted by atomic mass is 16.5. The fraction of sp³-hybridized carbons (Fsp3) is 0.167. The largest absolute Gasteiger partial charge is 0.490 e. The van der Waals surface area contributed by atoms with E-state index in [0.29, 0.717) is 30.3 Å². The maximum absolute atomic E-state index is 11.9. The highest BCUT2D eigenvalue weighted by molar-refractivity contribution is 5.94. The van der Waals surface area contributed by atoms with Crippen LogP contribution in [0.3, 0.4) is 0 Å². The quantitative estimate of drug-likeness (QED) is 0.460. The summed E-state index contributed by atoms with van der Waals surface area (Å²) in [5.41, 5.74) is 3.67. The van der Waals surface area contributed by atoms with E-state index in [4.69, 9.17) is 9.47 Å². The first-order valence-electron chi connectivity index (χ1n) is 7.48. The van der Waals surface area contributed by atoms with Crippen molar-refractivity contribution in [1.29, 1.82) is 0 Å². The first kappa shape index (κ1) is 17.2. The third-order valence-electron chi connectivity index (χ3n) is 2.93. The number of carbonyl (C=O) groups is 1. The Bertz CT molecular complexity index is 715. The molecule has 0 bridgehead atoms. The van der Waals surface area contributed by atoms with Gasteiger partial charge in [-0.25, -0.2) is 5.43 Å². The van der Waals surface area contributed by atoms with Crippen LogP contribution in [0.25, 0.3) is 0 Å². The van der Waals surface area contributed by atoms with Gasteiger partial charge in [-0.2, -0.15) is 5.10 Å². The summed E-state index contributed by atoms with van der Waals surface area (Å²) in [6, 6.07) is 8.76. The number of nitrogens with one attached hydrogen (secondary N) is 1. The van der Waals surface area contributed by atoms with Crippen molar-refractivity contribution in [3.8, 4) is 11.5 Å². The summed E-state index contributed by atoms with van der Waals surface area (Å²) < 4.78 is 11.1. The molecule has 1 amide bonds. The maximum Gasteiger partial charge on any atom is 0.272 e. The van der Waals surface area contributed by atoms with Gasteiger partial charge >= 0.3 is 0 Å². The average molecular weight is 325 g/mol. The Hall–Kier alpha value is -3.15. The van der Waals surface area contributed by atoms with E-state index in [1.165, 1.54) is 12.4 Å². The lowest BCUT2D eigenvalue weighted by Crippen LogP contribution is -2.17. The van der Waals surface area contributed by atoms with Crippen LogP contribution in [-0.2, 0) is 0 Å². The van der Waals surface area contributed by atoms with Gasteiger partial charge in [0.2, 0.25) is 0 Å². The molecule has 6 heteroatoms. The minimum atomic E-state index is -0.324. The number of rotatable bonds is 8. The standard InChI is InChI=1S/C18H19N3O3/c1-3-10-24-16-8-7-14(11-17(16)23-4-2)12-20-21-18(22)15-6-5-9-19-13-15/h3,5-9,11-13H,1,4,10H2,2H3,(H,21,22)/b20-12-. The minimum Gasteiger partial charge on any atom is -0.490 e. The van der Waals surface area contributed by atoms with Gasteiger partial charge in [0, 0.05) is 12.4 Å². The van der Waals surface area contributed by atoms with Gasteiger partial charge in [0.1, 0.15) is 6.61 Å². The third kappa shape index (κ3) is 4.95. The number of hydrogen-bond acceptors (Lipinski definition) is 5. The van der Waals surface area contributed by atoms with Crippen LogP contribution in [0.4, 0.5) is 0 Å². The van der Waals surface area contributed by atoms with Crippen LogP contribution in [0.2, 0.25) is 0 Å². The van der Waals surface area contributed by atoms with Crippen molar-refractivity contribution in [2.45, 2.75) is 6.92 Å². The number of pyridine rings is 1. The van der Waals surface area contributed by atoms with Gasteiger partial charge in [0.25, 0.3) is 5.91 Å². The Morgan fingerprint density at radius 1 is 1.33 bits per heavy atom. The Kier molecular flexibility index (Phi) is 6.52. The molecule has 0 aliphatic carbocycles. The topological polar surface area (TPSA) is 72.8 Å². The molecule has 0 radical (unpaired) electrons. The molecule has 1 N–H and O–H groups in total. The summed E-state index contributed by atoms with van der Waals surface area (Å²) in [6.45, 7) is 6.43. The van der Waals surface area contributed by atoms with Crippen LogP contribution in [0.1, 0.15) is 22.8 Å². The SMILES string of the molecule is C=CCOc1ccc(/C=N\NC(=O)c2cccnc2)cc1OCC. The lowest BCUT2D eigenvalue weighted by Gasteiger charge is -2.11. The molecule has 0 aliphatic heterocycles. The average Bonchev–Trinajstić information content (AvgIpc) is 2.62. The lowest BCUT2D eigenvalue weighted by molar-refractivity contribution is 0.0955. The molecular formula is C18H19N3O3. The van der Waals surface area contributed by atoms with Crippen molar-refractivity contribution >= 4 is 12.1 Å². The number of amides is 1. The molecule has 0 spiro atoms. The zero-order chi connectivity index (χ0) is 17.2. The Morgan fingerprint density at radius 2 is 2.21 bits per heavy atom. The van der Waals surface area contributed by atoms with Gasteiger partial charge in [-0.1, -0.05) is 12.7 Å². The number of hydrazone groups is 1. The molecule has 2 rings (SSSR count). The second-order valence-electron chi connectivity index (χ2n) is 4.68. The van der Waals surface area contributed by atoms with E-state index in [0.717, 1.165) is 5.56 Å². The molecule has 1 aromatic carbocycles. The predicted octanol–water partition coefficient (Wildman–Crippen LogP) is 2.81. The molecule has 0 unspecified atom stereocenters. The van der Waals surface area contributed by atoms with E-state index in [1.807, 2.05) is 13.0 Å². The number of aromatic nitrogens is 1. The number of ether oxygens (including phenoxy) is 2. The number of hydrogen-bond donors (Lipinski definition) is 1. The van der Waals surface area contributed by atoms with E-state index in [2.05, 4.69) is 22.1 Å². The van der Waals surface area contributed by atoms with Crippen molar-refractivity contribution in [2.75, 3.05) is 13.2 Å². The fourth-order valence-corrected chi connectivity index (χ4v) is 1.87. The summed E-state index contributed by atoms with van der Waals surface area (Å²) in [4.78, 5) is 15.7. The van der Waals surface area contributed by atoms with Crippen LogP contribution in [0, 0.1) is 0 Å². The molecule has 24 heavy (non-hydrogen) atoms. The third-order valence-corrected chi connectivity index (χ3v) is 2.93. The molecule has 124 valence electrons. The normalized spacial score (nSPS) is 10.4. The fourth-order valence-electron chi connectivity index (χ4n) is 1.87. The summed E-state index contributed by atoms with van der Waals surface area (Å²) in [5, 5.41) is 3.95. The summed E-state index contributed by atoms with van der Waals surface area (Å²) in [5.74, 6) is 0.922. The minimum absolute atomic E-state index is 0.324. The maximum atomic E-state index is 11.9. The molecule has 1 aromatic heterocycles. The number of benzene rings is 1. The van der Waals surface area contributed by atoms with E-state index in [-0.39, 0.29) is 5.91 Å². The molecular weight excluding hydrogens is 306 g/mol. The van der Waals surface area contributed by atoms with Gasteiger partial charge in [-0.3, -0.25) is 9.78 Å². The van der Waals surface area contributed by atoms with Gasteiger partial charge in [-0.15, -0.1) is 0 Å². The molecule has 0 aliphatic rings. The highest BCUT2D eigenvalue weighted by Crippen LogP contribution is 2.28. The van der Waals surface area contributed by atoms with E-state index >= 15 is 0 Å². The van der Waals surface area contributed by atoms with Crippen LogP contribution in [0.5, 0.6) is 11.5 Å². The smallest absolute Gasteiger partial charge is 0.272 e. The summed E-state index contributed by atoms with van der Waals surface area (Å²) in [7, 11) is 0. The van der Waals surface area contributed by atoms with Crippen LogP contribution in [-0.4, -0.2) is 30.3 Å². The monoisotopic (exact) mass is 325 g/mol. The van der Waals surface area contributed by atoms with E-state index in [1.54, 1.807) is 36.5 Å². The molecule has 0 fully saturated rings. The zero-order valence-electron chi connectivity index (χ0n) is 13.4. The van der Waals surface area contributed by atoms with Crippen molar-refractivity contribution in [3.63, 3.8) is 0 Å². The first-order chi connectivity index (χ1) is 11.7. The van der Waals surface area contributed by atoms with Gasteiger partial charge in [-0.05, 0) is 42.8 Å². The molecule has 2 aromatic rings. The lowest BCUT2D eigenvalue weighted by atomic mass is 10.2. The number of carbonyl (C=O) groups excluding carboxylic acids is 1. The molecule has 0 saturated heterocycles. The highest BCUT2D eigenvalue weighted by Gasteiger charge is 2.06.